The van der Waals surface area contributed by atoms with Crippen LogP contribution in [0.15, 0.2) is 71.5 Å². The van der Waals surface area contributed by atoms with Gasteiger partial charge in [0.25, 0.3) is 5.91 Å². The number of piperazine rings is 1. The molecular formula is C31H34N4O4. The molecule has 202 valence electrons. The Bertz CT molecular complexity index is 1490. The maximum Gasteiger partial charge on any atom is 0.410 e. The van der Waals surface area contributed by atoms with Crippen LogP contribution in [0.25, 0.3) is 33.4 Å². The molecule has 1 aliphatic rings. The predicted molar refractivity (Wildman–Crippen MR) is 153 cm³/mol. The number of carbonyl (C=O) groups excluding carboxylic acids is 2. The molecule has 8 heteroatoms. The van der Waals surface area contributed by atoms with Crippen LogP contribution in [0.2, 0.25) is 0 Å². The minimum absolute atomic E-state index is 0.0479. The fourth-order valence-corrected chi connectivity index (χ4v) is 4.69. The number of amides is 2. The lowest BCUT2D eigenvalue weighted by molar-refractivity contribution is 0.0240. The van der Waals surface area contributed by atoms with Gasteiger partial charge in [0.2, 0.25) is 0 Å². The second kappa shape index (κ2) is 10.4. The largest absolute Gasteiger partial charge is 0.462 e. The summed E-state index contributed by atoms with van der Waals surface area (Å²) in [6.07, 6.45) is 3.29. The summed E-state index contributed by atoms with van der Waals surface area (Å²) in [5, 5.41) is 0. The molecule has 0 N–H and O–H groups in total. The summed E-state index contributed by atoms with van der Waals surface area (Å²) >= 11 is 0. The van der Waals surface area contributed by atoms with Crippen molar-refractivity contribution in [2.45, 2.75) is 26.4 Å². The normalized spacial score (nSPS) is 14.0. The Morgan fingerprint density at radius 2 is 1.64 bits per heavy atom. The van der Waals surface area contributed by atoms with E-state index in [1.165, 1.54) is 0 Å². The highest BCUT2D eigenvalue weighted by atomic mass is 16.6. The van der Waals surface area contributed by atoms with Crippen molar-refractivity contribution < 1.29 is 18.7 Å². The topological polar surface area (TPSA) is 79.1 Å². The number of pyridine rings is 1. The van der Waals surface area contributed by atoms with E-state index in [1.54, 1.807) is 30.2 Å². The number of carbonyl (C=O) groups is 2. The molecule has 0 saturated carbocycles. The van der Waals surface area contributed by atoms with Gasteiger partial charge in [-0.15, -0.1) is 0 Å². The van der Waals surface area contributed by atoms with Crippen LogP contribution in [0, 0.1) is 0 Å². The van der Waals surface area contributed by atoms with E-state index in [2.05, 4.69) is 29.2 Å². The first-order chi connectivity index (χ1) is 18.6. The Labute approximate surface area is 228 Å². The molecule has 2 amide bonds. The molecule has 1 aliphatic heterocycles. The van der Waals surface area contributed by atoms with Crippen molar-refractivity contribution in [1.82, 2.24) is 14.8 Å². The van der Waals surface area contributed by atoms with Crippen molar-refractivity contribution in [3.63, 3.8) is 0 Å². The van der Waals surface area contributed by atoms with Crippen molar-refractivity contribution in [2.24, 2.45) is 0 Å². The van der Waals surface area contributed by atoms with Crippen molar-refractivity contribution >= 4 is 28.8 Å². The molecule has 0 atom stereocenters. The van der Waals surface area contributed by atoms with Gasteiger partial charge in [0.15, 0.2) is 5.58 Å². The lowest BCUT2D eigenvalue weighted by Crippen LogP contribution is -2.50. The first-order valence-corrected chi connectivity index (χ1v) is 13.1. The highest BCUT2D eigenvalue weighted by molar-refractivity contribution is 5.97. The van der Waals surface area contributed by atoms with Gasteiger partial charge >= 0.3 is 6.09 Å². The van der Waals surface area contributed by atoms with E-state index >= 15 is 0 Å². The second-order valence-corrected chi connectivity index (χ2v) is 11.0. The number of hydrogen-bond acceptors (Lipinski definition) is 6. The Kier molecular flexibility index (Phi) is 7.04. The van der Waals surface area contributed by atoms with Gasteiger partial charge in [-0.25, -0.2) is 4.79 Å². The summed E-state index contributed by atoms with van der Waals surface area (Å²) in [5.41, 5.74) is 6.43. The molecule has 0 spiro atoms. The first kappa shape index (κ1) is 26.3. The first-order valence-electron chi connectivity index (χ1n) is 13.1. The number of ether oxygens (including phenoxy) is 1. The van der Waals surface area contributed by atoms with Crippen LogP contribution >= 0.6 is 0 Å². The molecular weight excluding hydrogens is 492 g/mol. The van der Waals surface area contributed by atoms with Gasteiger partial charge in [-0.3, -0.25) is 9.78 Å². The highest BCUT2D eigenvalue weighted by Crippen LogP contribution is 2.33. The van der Waals surface area contributed by atoms with E-state index in [4.69, 9.17) is 14.1 Å². The molecule has 4 aromatic rings. The van der Waals surface area contributed by atoms with Gasteiger partial charge in [-0.2, -0.15) is 0 Å². The van der Waals surface area contributed by atoms with E-state index in [9.17, 15) is 9.59 Å². The number of hydrogen-bond donors (Lipinski definition) is 0. The van der Waals surface area contributed by atoms with Crippen LogP contribution in [-0.4, -0.2) is 72.7 Å². The van der Waals surface area contributed by atoms with Gasteiger partial charge in [-0.05, 0) is 62.2 Å². The Morgan fingerprint density at radius 1 is 0.923 bits per heavy atom. The molecule has 3 heterocycles. The van der Waals surface area contributed by atoms with Crippen molar-refractivity contribution in [3.8, 4) is 22.3 Å². The van der Waals surface area contributed by atoms with Gasteiger partial charge in [0, 0.05) is 68.8 Å². The number of furan rings is 1. The Balaban J connectivity index is 1.29. The van der Waals surface area contributed by atoms with E-state index < -0.39 is 5.60 Å². The van der Waals surface area contributed by atoms with Crippen LogP contribution in [0.3, 0.4) is 0 Å². The van der Waals surface area contributed by atoms with Gasteiger partial charge in [0.05, 0.1) is 0 Å². The smallest absolute Gasteiger partial charge is 0.410 e. The van der Waals surface area contributed by atoms with E-state index in [0.717, 1.165) is 46.5 Å². The maximum absolute atomic E-state index is 12.4. The zero-order valence-electron chi connectivity index (χ0n) is 23.1. The third-order valence-electron chi connectivity index (χ3n) is 6.74. The number of aromatic nitrogens is 1. The lowest BCUT2D eigenvalue weighted by atomic mass is 10.0. The summed E-state index contributed by atoms with van der Waals surface area (Å²) in [6, 6.07) is 17.9. The molecule has 0 bridgehead atoms. The van der Waals surface area contributed by atoms with E-state index in [-0.39, 0.29) is 12.0 Å². The van der Waals surface area contributed by atoms with Crippen LogP contribution in [0.4, 0.5) is 10.5 Å². The zero-order valence-corrected chi connectivity index (χ0v) is 23.1. The highest BCUT2D eigenvalue weighted by Gasteiger charge is 2.26. The minimum Gasteiger partial charge on any atom is -0.462 e. The number of nitrogens with zero attached hydrogens (tertiary/aromatic N) is 4. The SMILES string of the molecule is CN(C)C(=O)c1cccc(-c2coc3cc(-c4ccc(N5CCN(C(=O)OC(C)(C)C)CC5)cc4)cnc23)c1. The standard InChI is InChI=1S/C31H34N4O4/c1-31(2,3)39-30(37)35-15-13-34(14-16-35)25-11-9-21(10-12-25)24-18-27-28(32-19-24)26(20-38-27)22-7-6-8-23(17-22)29(36)33(4)5/h6-12,17-20H,13-16H2,1-5H3. The summed E-state index contributed by atoms with van der Waals surface area (Å²) in [5.74, 6) is -0.0479. The van der Waals surface area contributed by atoms with Crippen molar-refractivity contribution in [2.75, 3.05) is 45.2 Å². The summed E-state index contributed by atoms with van der Waals surface area (Å²) in [6.45, 7) is 8.42. The lowest BCUT2D eigenvalue weighted by Gasteiger charge is -2.36. The summed E-state index contributed by atoms with van der Waals surface area (Å²) in [4.78, 5) is 35.1. The molecule has 2 aromatic heterocycles. The van der Waals surface area contributed by atoms with E-state index in [1.807, 2.05) is 57.3 Å². The molecule has 2 aromatic carbocycles. The summed E-state index contributed by atoms with van der Waals surface area (Å²) < 4.78 is 11.4. The monoisotopic (exact) mass is 526 g/mol. The van der Waals surface area contributed by atoms with Crippen molar-refractivity contribution in [1.29, 1.82) is 0 Å². The van der Waals surface area contributed by atoms with Gasteiger partial charge < -0.3 is 23.9 Å². The number of fused-ring (bicyclic) bond motifs is 1. The van der Waals surface area contributed by atoms with Crippen LogP contribution < -0.4 is 4.90 Å². The number of rotatable bonds is 4. The molecule has 1 saturated heterocycles. The molecule has 8 nitrogen and oxygen atoms in total. The van der Waals surface area contributed by atoms with Crippen LogP contribution in [0.5, 0.6) is 0 Å². The quantitative estimate of drug-likeness (QED) is 0.328. The fourth-order valence-electron chi connectivity index (χ4n) is 4.69. The average molecular weight is 527 g/mol. The molecule has 5 rings (SSSR count). The Hall–Kier alpha value is -4.33. The average Bonchev–Trinajstić information content (AvgIpc) is 3.35. The zero-order chi connectivity index (χ0) is 27.7. The third kappa shape index (κ3) is 5.74. The molecule has 1 fully saturated rings. The van der Waals surface area contributed by atoms with Crippen LogP contribution in [-0.2, 0) is 4.74 Å². The predicted octanol–water partition coefficient (Wildman–Crippen LogP) is 5.92. The molecule has 39 heavy (non-hydrogen) atoms. The third-order valence-corrected chi connectivity index (χ3v) is 6.74. The number of benzene rings is 2. The molecule has 0 radical (unpaired) electrons. The maximum atomic E-state index is 12.4. The van der Waals surface area contributed by atoms with Crippen molar-refractivity contribution in [3.05, 3.63) is 72.6 Å². The van der Waals surface area contributed by atoms with Crippen LogP contribution in [0.1, 0.15) is 31.1 Å². The molecule has 0 aliphatic carbocycles. The second-order valence-electron chi connectivity index (χ2n) is 11.0. The fraction of sp³-hybridized carbons (Fsp3) is 0.323. The minimum atomic E-state index is -0.490. The number of anilines is 1. The van der Waals surface area contributed by atoms with E-state index in [0.29, 0.717) is 24.2 Å². The Morgan fingerprint density at radius 3 is 2.31 bits per heavy atom. The van der Waals surface area contributed by atoms with Gasteiger partial charge in [-0.1, -0.05) is 24.3 Å². The molecule has 0 unspecified atom stereocenters. The van der Waals surface area contributed by atoms with Gasteiger partial charge in [0.1, 0.15) is 17.4 Å². The summed E-state index contributed by atoms with van der Waals surface area (Å²) in [7, 11) is 3.48.